The number of hydrogen-bond acceptors (Lipinski definition) is 2. The van der Waals surface area contributed by atoms with Crippen molar-refractivity contribution in [3.05, 3.63) is 29.0 Å². The minimum atomic E-state index is -1.09. The first-order chi connectivity index (χ1) is 8.18. The second kappa shape index (κ2) is 3.52. The van der Waals surface area contributed by atoms with Gasteiger partial charge in [0.05, 0.1) is 0 Å². The summed E-state index contributed by atoms with van der Waals surface area (Å²) in [7, 11) is 0. The summed E-state index contributed by atoms with van der Waals surface area (Å²) in [6, 6.07) is 3.18. The Bertz CT molecular complexity index is 613. The van der Waals surface area contributed by atoms with Crippen molar-refractivity contribution in [3.63, 3.8) is 0 Å². The van der Waals surface area contributed by atoms with E-state index in [-0.39, 0.29) is 11.3 Å². The lowest BCUT2D eigenvalue weighted by Crippen LogP contribution is -2.01. The molecule has 2 aromatic rings. The number of aromatic nitrogens is 1. The SMILES string of the molecule is O=C(O)c1ccc2[nH]c3c(c2c1O)CCCC3. The molecule has 0 saturated carbocycles. The van der Waals surface area contributed by atoms with Crippen LogP contribution in [0.4, 0.5) is 0 Å². The van der Waals surface area contributed by atoms with Crippen molar-refractivity contribution in [1.82, 2.24) is 4.98 Å². The van der Waals surface area contributed by atoms with Gasteiger partial charge in [0.15, 0.2) is 0 Å². The van der Waals surface area contributed by atoms with Gasteiger partial charge in [0.1, 0.15) is 11.3 Å². The average molecular weight is 231 g/mol. The fourth-order valence-electron chi connectivity index (χ4n) is 2.66. The highest BCUT2D eigenvalue weighted by Gasteiger charge is 2.21. The highest BCUT2D eigenvalue weighted by atomic mass is 16.4. The molecule has 1 heterocycles. The first-order valence-corrected chi connectivity index (χ1v) is 5.77. The molecule has 1 aromatic carbocycles. The largest absolute Gasteiger partial charge is 0.506 e. The third kappa shape index (κ3) is 1.40. The lowest BCUT2D eigenvalue weighted by Gasteiger charge is -2.11. The molecule has 1 aliphatic carbocycles. The summed E-state index contributed by atoms with van der Waals surface area (Å²) in [5, 5.41) is 19.8. The molecule has 4 nitrogen and oxygen atoms in total. The second-order valence-electron chi connectivity index (χ2n) is 4.48. The van der Waals surface area contributed by atoms with E-state index in [1.165, 1.54) is 6.07 Å². The van der Waals surface area contributed by atoms with Gasteiger partial charge < -0.3 is 15.2 Å². The molecule has 3 N–H and O–H groups in total. The molecule has 1 aromatic heterocycles. The fourth-order valence-corrected chi connectivity index (χ4v) is 2.66. The Morgan fingerprint density at radius 1 is 1.24 bits per heavy atom. The topological polar surface area (TPSA) is 73.3 Å². The lowest BCUT2D eigenvalue weighted by atomic mass is 9.94. The summed E-state index contributed by atoms with van der Waals surface area (Å²) >= 11 is 0. The van der Waals surface area contributed by atoms with Crippen LogP contribution in [0, 0.1) is 0 Å². The maximum Gasteiger partial charge on any atom is 0.339 e. The minimum Gasteiger partial charge on any atom is -0.506 e. The van der Waals surface area contributed by atoms with Crippen molar-refractivity contribution in [2.45, 2.75) is 25.7 Å². The molecule has 0 bridgehead atoms. The number of phenols is 1. The first kappa shape index (κ1) is 10.2. The van der Waals surface area contributed by atoms with Crippen molar-refractivity contribution in [2.24, 2.45) is 0 Å². The number of rotatable bonds is 1. The normalized spacial score (nSPS) is 14.8. The Morgan fingerprint density at radius 3 is 2.76 bits per heavy atom. The van der Waals surface area contributed by atoms with Crippen LogP contribution in [-0.4, -0.2) is 21.2 Å². The minimum absolute atomic E-state index is 0.0233. The molecule has 3 rings (SSSR count). The predicted octanol–water partition coefficient (Wildman–Crippen LogP) is 2.45. The fraction of sp³-hybridized carbons (Fsp3) is 0.308. The third-order valence-corrected chi connectivity index (χ3v) is 3.46. The number of benzene rings is 1. The van der Waals surface area contributed by atoms with E-state index in [4.69, 9.17) is 5.11 Å². The van der Waals surface area contributed by atoms with E-state index in [1.54, 1.807) is 6.07 Å². The maximum atomic E-state index is 11.0. The molecule has 1 aliphatic rings. The van der Waals surface area contributed by atoms with Crippen LogP contribution in [0.15, 0.2) is 12.1 Å². The van der Waals surface area contributed by atoms with Crippen LogP contribution < -0.4 is 0 Å². The maximum absolute atomic E-state index is 11.0. The molecule has 0 saturated heterocycles. The van der Waals surface area contributed by atoms with Crippen LogP contribution in [0.3, 0.4) is 0 Å². The van der Waals surface area contributed by atoms with E-state index in [0.717, 1.165) is 42.5 Å². The molecule has 0 amide bonds. The molecule has 0 radical (unpaired) electrons. The number of nitrogens with one attached hydrogen (secondary N) is 1. The molecule has 17 heavy (non-hydrogen) atoms. The summed E-state index contributed by atoms with van der Waals surface area (Å²) < 4.78 is 0. The molecule has 0 fully saturated rings. The van der Waals surface area contributed by atoms with Crippen LogP contribution in [0.1, 0.15) is 34.5 Å². The summed E-state index contributed by atoms with van der Waals surface area (Å²) in [6.07, 6.45) is 4.13. The number of aromatic amines is 1. The van der Waals surface area contributed by atoms with Gasteiger partial charge in [-0.15, -0.1) is 0 Å². The van der Waals surface area contributed by atoms with Gasteiger partial charge >= 0.3 is 5.97 Å². The molecular formula is C13H13NO3. The van der Waals surface area contributed by atoms with Crippen molar-refractivity contribution in [3.8, 4) is 5.75 Å². The standard InChI is InChI=1S/C13H13NO3/c15-12-8(13(16)17)5-6-10-11(12)7-3-1-2-4-9(7)14-10/h5-6,14-15H,1-4H2,(H,16,17). The van der Waals surface area contributed by atoms with Crippen molar-refractivity contribution in [2.75, 3.05) is 0 Å². The second-order valence-corrected chi connectivity index (χ2v) is 4.48. The Kier molecular flexibility index (Phi) is 2.11. The molecule has 0 aliphatic heterocycles. The summed E-state index contributed by atoms with van der Waals surface area (Å²) in [4.78, 5) is 14.3. The van der Waals surface area contributed by atoms with Gasteiger partial charge in [0, 0.05) is 16.6 Å². The number of fused-ring (bicyclic) bond motifs is 3. The summed E-state index contributed by atoms with van der Waals surface area (Å²) in [5.74, 6) is -1.19. The van der Waals surface area contributed by atoms with Crippen molar-refractivity contribution >= 4 is 16.9 Å². The van der Waals surface area contributed by atoms with Crippen LogP contribution in [0.2, 0.25) is 0 Å². The molecule has 0 unspecified atom stereocenters. The zero-order valence-corrected chi connectivity index (χ0v) is 9.29. The number of aromatic hydroxyl groups is 1. The van der Waals surface area contributed by atoms with E-state index in [9.17, 15) is 9.90 Å². The lowest BCUT2D eigenvalue weighted by molar-refractivity contribution is 0.0694. The predicted molar refractivity (Wildman–Crippen MR) is 63.6 cm³/mol. The Hall–Kier alpha value is -1.97. The van der Waals surface area contributed by atoms with E-state index < -0.39 is 5.97 Å². The number of carbonyl (C=O) groups is 1. The molecular weight excluding hydrogens is 218 g/mol. The van der Waals surface area contributed by atoms with Crippen LogP contribution in [0.5, 0.6) is 5.75 Å². The number of hydrogen-bond donors (Lipinski definition) is 3. The highest BCUT2D eigenvalue weighted by molar-refractivity contribution is 6.01. The van der Waals surface area contributed by atoms with Crippen LogP contribution in [-0.2, 0) is 12.8 Å². The van der Waals surface area contributed by atoms with E-state index in [1.807, 2.05) is 0 Å². The summed E-state index contributed by atoms with van der Waals surface area (Å²) in [5.41, 5.74) is 3.04. The number of aryl methyl sites for hydroxylation is 2. The van der Waals surface area contributed by atoms with Crippen molar-refractivity contribution in [1.29, 1.82) is 0 Å². The van der Waals surface area contributed by atoms with Gasteiger partial charge in [0.25, 0.3) is 0 Å². The van der Waals surface area contributed by atoms with Gasteiger partial charge in [-0.1, -0.05) is 0 Å². The molecule has 88 valence electrons. The van der Waals surface area contributed by atoms with E-state index >= 15 is 0 Å². The zero-order valence-electron chi connectivity index (χ0n) is 9.29. The Balaban J connectivity index is 2.34. The molecule has 0 spiro atoms. The quantitative estimate of drug-likeness (QED) is 0.705. The molecule has 4 heteroatoms. The number of carboxylic acid groups (broad SMARTS) is 1. The van der Waals surface area contributed by atoms with Gasteiger partial charge in [-0.05, 0) is 43.4 Å². The smallest absolute Gasteiger partial charge is 0.339 e. The monoisotopic (exact) mass is 231 g/mol. The van der Waals surface area contributed by atoms with Gasteiger partial charge in [0.2, 0.25) is 0 Å². The first-order valence-electron chi connectivity index (χ1n) is 5.77. The van der Waals surface area contributed by atoms with Crippen LogP contribution in [0.25, 0.3) is 10.9 Å². The Morgan fingerprint density at radius 2 is 2.00 bits per heavy atom. The molecule has 0 atom stereocenters. The third-order valence-electron chi connectivity index (χ3n) is 3.46. The Labute approximate surface area is 97.9 Å². The zero-order chi connectivity index (χ0) is 12.0. The van der Waals surface area contributed by atoms with E-state index in [2.05, 4.69) is 4.98 Å². The van der Waals surface area contributed by atoms with Gasteiger partial charge in [-0.25, -0.2) is 4.79 Å². The highest BCUT2D eigenvalue weighted by Crippen LogP contribution is 2.36. The number of carboxylic acids is 1. The number of H-pyrrole nitrogens is 1. The average Bonchev–Trinajstić information content (AvgIpc) is 2.67. The van der Waals surface area contributed by atoms with Crippen molar-refractivity contribution < 1.29 is 15.0 Å². The van der Waals surface area contributed by atoms with Gasteiger partial charge in [-0.3, -0.25) is 0 Å². The summed E-state index contributed by atoms with van der Waals surface area (Å²) in [6.45, 7) is 0. The van der Waals surface area contributed by atoms with Gasteiger partial charge in [-0.2, -0.15) is 0 Å². The van der Waals surface area contributed by atoms with Crippen LogP contribution >= 0.6 is 0 Å². The van der Waals surface area contributed by atoms with E-state index in [0.29, 0.717) is 5.39 Å². The number of aromatic carboxylic acids is 1.